The van der Waals surface area contributed by atoms with Crippen LogP contribution >= 0.6 is 0 Å². The molecule has 13 heavy (non-hydrogen) atoms. The summed E-state index contributed by atoms with van der Waals surface area (Å²) in [6, 6.07) is -0.113. The zero-order valence-electron chi connectivity index (χ0n) is 8.83. The molecular formula is C9H20N2O2. The van der Waals surface area contributed by atoms with Crippen LogP contribution in [0.4, 0.5) is 0 Å². The normalized spacial score (nSPS) is 17.6. The number of methoxy groups -OCH3 is 1. The van der Waals surface area contributed by atoms with Gasteiger partial charge in [0.25, 0.3) is 0 Å². The maximum atomic E-state index is 11.4. The second kappa shape index (κ2) is 5.94. The molecule has 0 radical (unpaired) electrons. The maximum absolute atomic E-state index is 11.4. The quantitative estimate of drug-likeness (QED) is 0.644. The Morgan fingerprint density at radius 2 is 2.00 bits per heavy atom. The Hall–Kier alpha value is -0.610. The highest BCUT2D eigenvalue weighted by Crippen LogP contribution is 1.99. The van der Waals surface area contributed by atoms with E-state index in [1.54, 1.807) is 7.11 Å². The molecule has 0 bridgehead atoms. The molecule has 3 atom stereocenters. The molecule has 0 aliphatic heterocycles. The van der Waals surface area contributed by atoms with Crippen LogP contribution in [0.2, 0.25) is 0 Å². The fourth-order valence-corrected chi connectivity index (χ4v) is 0.727. The topological polar surface area (TPSA) is 64.3 Å². The monoisotopic (exact) mass is 188 g/mol. The predicted octanol–water partition coefficient (Wildman–Crippen LogP) is 0.121. The van der Waals surface area contributed by atoms with Crippen LogP contribution in [0.3, 0.4) is 0 Å². The highest BCUT2D eigenvalue weighted by Gasteiger charge is 2.16. The van der Waals surface area contributed by atoms with Crippen LogP contribution in [0.5, 0.6) is 0 Å². The summed E-state index contributed by atoms with van der Waals surface area (Å²) in [5.41, 5.74) is 5.58. The summed E-state index contributed by atoms with van der Waals surface area (Å²) in [6.07, 6.45) is 0.0456. The van der Waals surface area contributed by atoms with Gasteiger partial charge in [-0.15, -0.1) is 0 Å². The van der Waals surface area contributed by atoms with Crippen LogP contribution in [0.25, 0.3) is 0 Å². The van der Waals surface area contributed by atoms with E-state index in [2.05, 4.69) is 5.32 Å². The molecule has 0 aromatic carbocycles. The Kier molecular flexibility index (Phi) is 5.66. The van der Waals surface area contributed by atoms with Gasteiger partial charge in [0.05, 0.1) is 6.10 Å². The van der Waals surface area contributed by atoms with Crippen molar-refractivity contribution in [3.05, 3.63) is 0 Å². The van der Waals surface area contributed by atoms with E-state index in [1.165, 1.54) is 0 Å². The van der Waals surface area contributed by atoms with Gasteiger partial charge in [-0.2, -0.15) is 0 Å². The van der Waals surface area contributed by atoms with Crippen molar-refractivity contribution in [2.75, 3.05) is 13.7 Å². The van der Waals surface area contributed by atoms with E-state index >= 15 is 0 Å². The molecule has 0 fully saturated rings. The predicted molar refractivity (Wildman–Crippen MR) is 52.3 cm³/mol. The molecule has 0 aromatic rings. The zero-order chi connectivity index (χ0) is 10.4. The van der Waals surface area contributed by atoms with Crippen molar-refractivity contribution in [2.24, 2.45) is 11.7 Å². The van der Waals surface area contributed by atoms with E-state index in [4.69, 9.17) is 10.5 Å². The Balaban J connectivity index is 3.74. The van der Waals surface area contributed by atoms with Crippen LogP contribution in [-0.4, -0.2) is 31.7 Å². The molecule has 4 nitrogen and oxygen atoms in total. The molecule has 0 aromatic heterocycles. The lowest BCUT2D eigenvalue weighted by molar-refractivity contribution is -0.125. The summed E-state index contributed by atoms with van der Waals surface area (Å²) < 4.78 is 4.99. The van der Waals surface area contributed by atoms with Crippen molar-refractivity contribution in [1.29, 1.82) is 0 Å². The molecule has 0 saturated heterocycles. The third kappa shape index (κ3) is 4.85. The third-order valence-electron chi connectivity index (χ3n) is 2.17. The third-order valence-corrected chi connectivity index (χ3v) is 2.17. The summed E-state index contributed by atoms with van der Waals surface area (Å²) in [7, 11) is 1.62. The van der Waals surface area contributed by atoms with Gasteiger partial charge in [-0.3, -0.25) is 4.79 Å². The van der Waals surface area contributed by atoms with Crippen LogP contribution in [-0.2, 0) is 9.53 Å². The van der Waals surface area contributed by atoms with Gasteiger partial charge in [0.2, 0.25) is 5.91 Å². The number of hydrogen-bond donors (Lipinski definition) is 2. The summed E-state index contributed by atoms with van der Waals surface area (Å²) in [5, 5.41) is 2.77. The molecule has 0 aliphatic carbocycles. The van der Waals surface area contributed by atoms with Crippen molar-refractivity contribution >= 4 is 5.91 Å². The molecular weight excluding hydrogens is 168 g/mol. The van der Waals surface area contributed by atoms with Crippen molar-refractivity contribution in [3.63, 3.8) is 0 Å². The van der Waals surface area contributed by atoms with Gasteiger partial charge >= 0.3 is 0 Å². The van der Waals surface area contributed by atoms with Crippen molar-refractivity contribution in [2.45, 2.75) is 32.9 Å². The number of rotatable bonds is 5. The smallest absolute Gasteiger partial charge is 0.224 e. The summed E-state index contributed by atoms with van der Waals surface area (Å²) >= 11 is 0. The lowest BCUT2D eigenvalue weighted by Gasteiger charge is -2.17. The molecule has 1 amide bonds. The first-order chi connectivity index (χ1) is 5.99. The molecule has 3 N–H and O–H groups in total. The number of hydrogen-bond acceptors (Lipinski definition) is 3. The lowest BCUT2D eigenvalue weighted by atomic mass is 10.0. The lowest BCUT2D eigenvalue weighted by Crippen LogP contribution is -2.41. The zero-order valence-corrected chi connectivity index (χ0v) is 8.83. The van der Waals surface area contributed by atoms with Gasteiger partial charge in [0, 0.05) is 25.6 Å². The Labute approximate surface area is 79.8 Å². The fourth-order valence-electron chi connectivity index (χ4n) is 0.727. The first-order valence-electron chi connectivity index (χ1n) is 4.55. The molecule has 4 heteroatoms. The number of ether oxygens (including phenoxy) is 1. The minimum atomic E-state index is -0.149. The second-order valence-corrected chi connectivity index (χ2v) is 3.44. The van der Waals surface area contributed by atoms with E-state index in [0.29, 0.717) is 6.54 Å². The average Bonchev–Trinajstić information content (AvgIpc) is 2.11. The second-order valence-electron chi connectivity index (χ2n) is 3.44. The number of nitrogens with two attached hydrogens (primary N) is 1. The minimum Gasteiger partial charge on any atom is -0.380 e. The van der Waals surface area contributed by atoms with E-state index in [0.717, 1.165) is 0 Å². The van der Waals surface area contributed by atoms with E-state index < -0.39 is 0 Å². The molecule has 0 aliphatic rings. The van der Waals surface area contributed by atoms with Crippen LogP contribution in [0.1, 0.15) is 20.8 Å². The number of carbonyl (C=O) groups excluding carboxylic acids is 1. The van der Waals surface area contributed by atoms with Crippen LogP contribution < -0.4 is 11.1 Å². The van der Waals surface area contributed by atoms with Gasteiger partial charge in [-0.25, -0.2) is 0 Å². The Morgan fingerprint density at radius 3 is 2.38 bits per heavy atom. The molecule has 78 valence electrons. The highest BCUT2D eigenvalue weighted by atomic mass is 16.5. The van der Waals surface area contributed by atoms with Gasteiger partial charge in [-0.1, -0.05) is 6.92 Å². The standard InChI is InChI=1S/C9H20N2O2/c1-6(13-4)5-11-9(12)7(2)8(3)10/h6-8H,5,10H2,1-4H3,(H,11,12). The summed E-state index contributed by atoms with van der Waals surface area (Å²) in [5.74, 6) is -0.164. The average molecular weight is 188 g/mol. The highest BCUT2D eigenvalue weighted by molar-refractivity contribution is 5.78. The minimum absolute atomic E-state index is 0.0149. The first kappa shape index (κ1) is 12.4. The molecule has 0 spiro atoms. The van der Waals surface area contributed by atoms with Crippen LogP contribution in [0, 0.1) is 5.92 Å². The van der Waals surface area contributed by atoms with E-state index in [9.17, 15) is 4.79 Å². The van der Waals surface area contributed by atoms with Gasteiger partial charge in [0.1, 0.15) is 0 Å². The Morgan fingerprint density at radius 1 is 1.46 bits per heavy atom. The van der Waals surface area contributed by atoms with Crippen molar-refractivity contribution in [3.8, 4) is 0 Å². The van der Waals surface area contributed by atoms with Crippen molar-refractivity contribution in [1.82, 2.24) is 5.32 Å². The van der Waals surface area contributed by atoms with E-state index in [1.807, 2.05) is 20.8 Å². The maximum Gasteiger partial charge on any atom is 0.224 e. The van der Waals surface area contributed by atoms with Crippen LogP contribution in [0.15, 0.2) is 0 Å². The summed E-state index contributed by atoms with van der Waals surface area (Å²) in [4.78, 5) is 11.4. The molecule has 3 unspecified atom stereocenters. The number of nitrogens with one attached hydrogen (secondary N) is 1. The number of carbonyl (C=O) groups is 1. The number of amides is 1. The van der Waals surface area contributed by atoms with Gasteiger partial charge in [-0.05, 0) is 13.8 Å². The first-order valence-corrected chi connectivity index (χ1v) is 4.55. The molecule has 0 heterocycles. The molecule has 0 rings (SSSR count). The fraction of sp³-hybridized carbons (Fsp3) is 0.889. The SMILES string of the molecule is COC(C)CNC(=O)C(C)C(C)N. The summed E-state index contributed by atoms with van der Waals surface area (Å²) in [6.45, 7) is 6.07. The molecule has 0 saturated carbocycles. The largest absolute Gasteiger partial charge is 0.380 e. The Bertz CT molecular complexity index is 160. The van der Waals surface area contributed by atoms with Crippen molar-refractivity contribution < 1.29 is 9.53 Å². The van der Waals surface area contributed by atoms with Gasteiger partial charge in [0.15, 0.2) is 0 Å². The van der Waals surface area contributed by atoms with E-state index in [-0.39, 0.29) is 24.0 Å². The van der Waals surface area contributed by atoms with Gasteiger partial charge < -0.3 is 15.8 Å².